The summed E-state index contributed by atoms with van der Waals surface area (Å²) in [6.45, 7) is 3.19. The molecule has 5 heteroatoms. The number of methoxy groups -OCH3 is 1. The fourth-order valence-electron chi connectivity index (χ4n) is 2.28. The SMILES string of the molecule is COc1cccc2cc(-c3oc(=O)c(C)c(O)c3C)oc12. The molecular weight excluding hydrogens is 272 g/mol. The zero-order valence-corrected chi connectivity index (χ0v) is 11.9. The summed E-state index contributed by atoms with van der Waals surface area (Å²) < 4.78 is 16.2. The molecule has 21 heavy (non-hydrogen) atoms. The maximum absolute atomic E-state index is 11.7. The van der Waals surface area contributed by atoms with E-state index < -0.39 is 5.63 Å². The maximum Gasteiger partial charge on any atom is 0.343 e. The van der Waals surface area contributed by atoms with Crippen LogP contribution in [-0.2, 0) is 0 Å². The Kier molecular flexibility index (Phi) is 2.97. The monoisotopic (exact) mass is 286 g/mol. The average molecular weight is 286 g/mol. The third-order valence-electron chi connectivity index (χ3n) is 3.50. The highest BCUT2D eigenvalue weighted by Crippen LogP contribution is 2.36. The van der Waals surface area contributed by atoms with Crippen LogP contribution in [0.5, 0.6) is 11.5 Å². The van der Waals surface area contributed by atoms with Crippen molar-refractivity contribution >= 4 is 11.0 Å². The van der Waals surface area contributed by atoms with E-state index in [0.29, 0.717) is 22.7 Å². The highest BCUT2D eigenvalue weighted by molar-refractivity contribution is 5.87. The van der Waals surface area contributed by atoms with E-state index in [9.17, 15) is 9.90 Å². The van der Waals surface area contributed by atoms with Crippen LogP contribution in [0.3, 0.4) is 0 Å². The predicted molar refractivity (Wildman–Crippen MR) is 77.9 cm³/mol. The van der Waals surface area contributed by atoms with E-state index in [0.717, 1.165) is 5.39 Å². The van der Waals surface area contributed by atoms with Crippen molar-refractivity contribution in [2.45, 2.75) is 13.8 Å². The molecule has 0 aliphatic carbocycles. The number of benzene rings is 1. The van der Waals surface area contributed by atoms with E-state index in [1.54, 1.807) is 26.2 Å². The van der Waals surface area contributed by atoms with Crippen LogP contribution in [0.2, 0.25) is 0 Å². The molecule has 1 aromatic carbocycles. The number of furan rings is 1. The Bertz CT molecular complexity index is 886. The topological polar surface area (TPSA) is 72.8 Å². The van der Waals surface area contributed by atoms with Crippen molar-refractivity contribution in [3.05, 3.63) is 45.8 Å². The molecular formula is C16H14O5. The van der Waals surface area contributed by atoms with Gasteiger partial charge < -0.3 is 18.7 Å². The summed E-state index contributed by atoms with van der Waals surface area (Å²) in [5, 5.41) is 10.8. The van der Waals surface area contributed by atoms with Gasteiger partial charge in [-0.25, -0.2) is 4.79 Å². The molecule has 0 atom stereocenters. The number of para-hydroxylation sites is 1. The lowest BCUT2D eigenvalue weighted by Gasteiger charge is -2.05. The largest absolute Gasteiger partial charge is 0.507 e. The quantitative estimate of drug-likeness (QED) is 0.781. The number of aromatic hydroxyl groups is 1. The van der Waals surface area contributed by atoms with E-state index in [-0.39, 0.29) is 17.1 Å². The van der Waals surface area contributed by atoms with Gasteiger partial charge in [0, 0.05) is 10.9 Å². The van der Waals surface area contributed by atoms with Crippen LogP contribution >= 0.6 is 0 Å². The van der Waals surface area contributed by atoms with Crippen LogP contribution in [0.25, 0.3) is 22.5 Å². The van der Waals surface area contributed by atoms with Crippen LogP contribution in [0.1, 0.15) is 11.1 Å². The molecule has 0 aliphatic rings. The molecule has 3 aromatic rings. The van der Waals surface area contributed by atoms with Gasteiger partial charge in [-0.15, -0.1) is 0 Å². The number of fused-ring (bicyclic) bond motifs is 1. The second-order valence-electron chi connectivity index (χ2n) is 4.81. The van der Waals surface area contributed by atoms with Gasteiger partial charge in [-0.1, -0.05) is 12.1 Å². The second-order valence-corrected chi connectivity index (χ2v) is 4.81. The Morgan fingerprint density at radius 1 is 1.14 bits per heavy atom. The smallest absolute Gasteiger partial charge is 0.343 e. The standard InChI is InChI=1S/C16H14O5/c1-8-13(17)9(2)16(18)21-14(8)12-7-10-5-4-6-11(19-3)15(10)20-12/h4-7,17H,1-3H3. The first-order chi connectivity index (χ1) is 10.0. The summed E-state index contributed by atoms with van der Waals surface area (Å²) in [5.41, 5.74) is 0.632. The normalized spacial score (nSPS) is 11.0. The van der Waals surface area contributed by atoms with Gasteiger partial charge >= 0.3 is 5.63 Å². The van der Waals surface area contributed by atoms with Gasteiger partial charge in [0.15, 0.2) is 22.9 Å². The fraction of sp³-hybridized carbons (Fsp3) is 0.188. The molecule has 108 valence electrons. The van der Waals surface area contributed by atoms with Gasteiger partial charge in [-0.3, -0.25) is 0 Å². The zero-order valence-electron chi connectivity index (χ0n) is 11.9. The summed E-state index contributed by atoms with van der Waals surface area (Å²) >= 11 is 0. The average Bonchev–Trinajstić information content (AvgIpc) is 2.92. The first kappa shape index (κ1) is 13.3. The van der Waals surface area contributed by atoms with Crippen molar-refractivity contribution in [3.63, 3.8) is 0 Å². The van der Waals surface area contributed by atoms with Crippen molar-refractivity contribution in [1.82, 2.24) is 0 Å². The molecule has 0 spiro atoms. The van der Waals surface area contributed by atoms with Crippen LogP contribution in [0.15, 0.2) is 37.9 Å². The summed E-state index contributed by atoms with van der Waals surface area (Å²) in [6.07, 6.45) is 0. The van der Waals surface area contributed by atoms with Gasteiger partial charge in [-0.2, -0.15) is 0 Å². The summed E-state index contributed by atoms with van der Waals surface area (Å²) in [4.78, 5) is 11.7. The molecule has 5 nitrogen and oxygen atoms in total. The minimum absolute atomic E-state index is 0.0753. The minimum atomic E-state index is -0.583. The van der Waals surface area contributed by atoms with E-state index in [1.807, 2.05) is 12.1 Å². The zero-order chi connectivity index (χ0) is 15.1. The van der Waals surface area contributed by atoms with Crippen LogP contribution in [0.4, 0.5) is 0 Å². The lowest BCUT2D eigenvalue weighted by atomic mass is 10.1. The molecule has 0 saturated heterocycles. The third kappa shape index (κ3) is 1.98. The molecule has 0 bridgehead atoms. The molecule has 0 unspecified atom stereocenters. The van der Waals surface area contributed by atoms with E-state index in [2.05, 4.69) is 0 Å². The third-order valence-corrected chi connectivity index (χ3v) is 3.50. The van der Waals surface area contributed by atoms with Crippen molar-refractivity contribution < 1.29 is 18.7 Å². The van der Waals surface area contributed by atoms with Crippen molar-refractivity contribution in [2.24, 2.45) is 0 Å². The van der Waals surface area contributed by atoms with Crippen LogP contribution in [0, 0.1) is 13.8 Å². The number of ether oxygens (including phenoxy) is 1. The molecule has 1 N–H and O–H groups in total. The van der Waals surface area contributed by atoms with Crippen LogP contribution < -0.4 is 10.4 Å². The molecule has 0 amide bonds. The summed E-state index contributed by atoms with van der Waals surface area (Å²) in [6, 6.07) is 7.24. The molecule has 0 fully saturated rings. The predicted octanol–water partition coefficient (Wildman–Crippen LogP) is 3.38. The van der Waals surface area contributed by atoms with Gasteiger partial charge in [0.1, 0.15) is 5.75 Å². The highest BCUT2D eigenvalue weighted by Gasteiger charge is 2.19. The molecule has 3 rings (SSSR count). The van der Waals surface area contributed by atoms with Gasteiger partial charge in [0.25, 0.3) is 0 Å². The Hall–Kier alpha value is -2.69. The first-order valence-corrected chi connectivity index (χ1v) is 6.43. The van der Waals surface area contributed by atoms with Crippen LogP contribution in [-0.4, -0.2) is 12.2 Å². The lowest BCUT2D eigenvalue weighted by Crippen LogP contribution is -2.05. The van der Waals surface area contributed by atoms with Crippen molar-refractivity contribution in [2.75, 3.05) is 7.11 Å². The Morgan fingerprint density at radius 2 is 1.90 bits per heavy atom. The first-order valence-electron chi connectivity index (χ1n) is 6.43. The van der Waals surface area contributed by atoms with E-state index >= 15 is 0 Å². The maximum atomic E-state index is 11.7. The summed E-state index contributed by atoms with van der Waals surface area (Å²) in [7, 11) is 1.56. The molecule has 0 saturated carbocycles. The molecule has 0 aliphatic heterocycles. The lowest BCUT2D eigenvalue weighted by molar-refractivity contribution is 0.408. The Balaban J connectivity index is 2.29. The number of hydrogen-bond donors (Lipinski definition) is 1. The minimum Gasteiger partial charge on any atom is -0.507 e. The van der Waals surface area contributed by atoms with Crippen molar-refractivity contribution in [1.29, 1.82) is 0 Å². The van der Waals surface area contributed by atoms with Crippen molar-refractivity contribution in [3.8, 4) is 23.0 Å². The molecule has 2 aromatic heterocycles. The van der Waals surface area contributed by atoms with Gasteiger partial charge in [0.05, 0.1) is 12.7 Å². The van der Waals surface area contributed by atoms with Gasteiger partial charge in [0.2, 0.25) is 0 Å². The fourth-order valence-corrected chi connectivity index (χ4v) is 2.28. The van der Waals surface area contributed by atoms with E-state index in [4.69, 9.17) is 13.6 Å². The number of rotatable bonds is 2. The summed E-state index contributed by atoms with van der Waals surface area (Å²) in [5.74, 6) is 1.12. The molecule has 2 heterocycles. The Morgan fingerprint density at radius 3 is 2.62 bits per heavy atom. The highest BCUT2D eigenvalue weighted by atomic mass is 16.5. The Labute approximate surface area is 120 Å². The molecule has 0 radical (unpaired) electrons. The van der Waals surface area contributed by atoms with Gasteiger partial charge in [-0.05, 0) is 26.0 Å². The van der Waals surface area contributed by atoms with E-state index in [1.165, 1.54) is 6.92 Å². The number of hydrogen-bond acceptors (Lipinski definition) is 5. The second kappa shape index (κ2) is 4.70.